The maximum absolute atomic E-state index is 12.0. The van der Waals surface area contributed by atoms with Crippen LogP contribution >= 0.6 is 0 Å². The van der Waals surface area contributed by atoms with Crippen LogP contribution < -0.4 is 5.32 Å². The molecule has 2 aromatic heterocycles. The number of nitrogens with zero attached hydrogens (tertiary/aromatic N) is 2. The summed E-state index contributed by atoms with van der Waals surface area (Å²) in [5.41, 5.74) is 2.86. The van der Waals surface area contributed by atoms with E-state index in [9.17, 15) is 4.79 Å². The summed E-state index contributed by atoms with van der Waals surface area (Å²) in [4.78, 5) is 22.1. The fraction of sp³-hybridized carbons (Fsp3) is 0.300. The molecular formula is C20H22N4O2. The first-order valence-corrected chi connectivity index (χ1v) is 8.92. The Kier molecular flexibility index (Phi) is 4.95. The lowest BCUT2D eigenvalue weighted by Gasteiger charge is -2.26. The number of carbonyl (C=O) groups is 1. The second-order valence-corrected chi connectivity index (χ2v) is 6.40. The number of fused-ring (bicyclic) bond motifs is 3. The highest BCUT2D eigenvalue weighted by molar-refractivity contribution is 6.07. The standard InChI is InChI=1S/C20H22N4O2/c25-20(21-7-8-24-9-11-26-12-10-24)6-5-15-13-17-16-3-1-2-4-18(16)23-19(17)14-22-15/h1-6,13-14,23H,7-12H2,(H,21,25)/b6-5+. The molecule has 4 rings (SSSR count). The van der Waals surface area contributed by atoms with Crippen molar-refractivity contribution in [1.29, 1.82) is 0 Å². The second kappa shape index (κ2) is 7.68. The Hall–Kier alpha value is -2.70. The third-order valence-corrected chi connectivity index (χ3v) is 4.65. The number of benzene rings is 1. The lowest BCUT2D eigenvalue weighted by molar-refractivity contribution is -0.116. The largest absolute Gasteiger partial charge is 0.379 e. The smallest absolute Gasteiger partial charge is 0.244 e. The summed E-state index contributed by atoms with van der Waals surface area (Å²) in [7, 11) is 0. The zero-order chi connectivity index (χ0) is 17.8. The molecule has 0 saturated carbocycles. The maximum Gasteiger partial charge on any atom is 0.244 e. The van der Waals surface area contributed by atoms with Crippen molar-refractivity contribution in [3.63, 3.8) is 0 Å². The molecule has 6 heteroatoms. The second-order valence-electron chi connectivity index (χ2n) is 6.40. The van der Waals surface area contributed by atoms with Crippen molar-refractivity contribution in [3.8, 4) is 0 Å². The topological polar surface area (TPSA) is 70.2 Å². The number of aromatic amines is 1. The molecule has 134 valence electrons. The highest BCUT2D eigenvalue weighted by Gasteiger charge is 2.09. The van der Waals surface area contributed by atoms with Crippen LogP contribution in [0.3, 0.4) is 0 Å². The maximum atomic E-state index is 12.0. The van der Waals surface area contributed by atoms with Gasteiger partial charge in [0.15, 0.2) is 0 Å². The van der Waals surface area contributed by atoms with Gasteiger partial charge in [-0.1, -0.05) is 18.2 Å². The zero-order valence-electron chi connectivity index (χ0n) is 14.6. The molecule has 3 aromatic rings. The van der Waals surface area contributed by atoms with Gasteiger partial charge in [0, 0.05) is 48.5 Å². The Bertz CT molecular complexity index is 941. The third-order valence-electron chi connectivity index (χ3n) is 4.65. The van der Waals surface area contributed by atoms with E-state index in [-0.39, 0.29) is 5.91 Å². The molecule has 6 nitrogen and oxygen atoms in total. The van der Waals surface area contributed by atoms with Crippen LogP contribution in [0, 0.1) is 0 Å². The summed E-state index contributed by atoms with van der Waals surface area (Å²) in [5, 5.41) is 5.20. The summed E-state index contributed by atoms with van der Waals surface area (Å²) < 4.78 is 5.32. The van der Waals surface area contributed by atoms with E-state index >= 15 is 0 Å². The van der Waals surface area contributed by atoms with Crippen LogP contribution in [0.1, 0.15) is 5.69 Å². The van der Waals surface area contributed by atoms with E-state index in [1.54, 1.807) is 12.2 Å². The number of para-hydroxylation sites is 1. The van der Waals surface area contributed by atoms with Crippen LogP contribution in [0.4, 0.5) is 0 Å². The monoisotopic (exact) mass is 350 g/mol. The van der Waals surface area contributed by atoms with Gasteiger partial charge in [0.1, 0.15) is 0 Å². The van der Waals surface area contributed by atoms with E-state index in [2.05, 4.69) is 26.3 Å². The average molecular weight is 350 g/mol. The van der Waals surface area contributed by atoms with Crippen LogP contribution in [0.5, 0.6) is 0 Å². The molecule has 1 aliphatic rings. The van der Waals surface area contributed by atoms with E-state index in [1.807, 2.05) is 30.5 Å². The van der Waals surface area contributed by atoms with Crippen molar-refractivity contribution in [2.75, 3.05) is 39.4 Å². The number of amides is 1. The molecule has 0 radical (unpaired) electrons. The van der Waals surface area contributed by atoms with Gasteiger partial charge in [-0.2, -0.15) is 0 Å². The van der Waals surface area contributed by atoms with Crippen molar-refractivity contribution >= 4 is 33.8 Å². The van der Waals surface area contributed by atoms with Crippen molar-refractivity contribution in [3.05, 3.63) is 48.3 Å². The summed E-state index contributed by atoms with van der Waals surface area (Å²) in [6.07, 6.45) is 5.11. The number of morpholine rings is 1. The van der Waals surface area contributed by atoms with Crippen LogP contribution in [0.2, 0.25) is 0 Å². The first kappa shape index (κ1) is 16.8. The van der Waals surface area contributed by atoms with Crippen LogP contribution in [-0.2, 0) is 9.53 Å². The Morgan fingerprint density at radius 3 is 2.96 bits per heavy atom. The quantitative estimate of drug-likeness (QED) is 0.692. The lowest BCUT2D eigenvalue weighted by Crippen LogP contribution is -2.41. The number of carbonyl (C=O) groups excluding carboxylic acids is 1. The minimum Gasteiger partial charge on any atom is -0.379 e. The van der Waals surface area contributed by atoms with Gasteiger partial charge in [-0.25, -0.2) is 0 Å². The molecule has 3 heterocycles. The number of aromatic nitrogens is 2. The number of hydrogen-bond acceptors (Lipinski definition) is 4. The highest BCUT2D eigenvalue weighted by atomic mass is 16.5. The van der Waals surface area contributed by atoms with Crippen LogP contribution in [-0.4, -0.2) is 60.2 Å². The van der Waals surface area contributed by atoms with Crippen molar-refractivity contribution in [2.45, 2.75) is 0 Å². The van der Waals surface area contributed by atoms with Gasteiger partial charge in [-0.3, -0.25) is 14.7 Å². The molecule has 0 spiro atoms. The normalized spacial score (nSPS) is 15.8. The number of hydrogen-bond donors (Lipinski definition) is 2. The molecule has 1 saturated heterocycles. The highest BCUT2D eigenvalue weighted by Crippen LogP contribution is 2.25. The molecule has 0 atom stereocenters. The molecule has 0 bridgehead atoms. The van der Waals surface area contributed by atoms with Crippen molar-refractivity contribution in [2.24, 2.45) is 0 Å². The molecule has 1 aromatic carbocycles. The minimum atomic E-state index is -0.0981. The van der Waals surface area contributed by atoms with Gasteiger partial charge >= 0.3 is 0 Å². The predicted octanol–water partition coefficient (Wildman–Crippen LogP) is 2.18. The number of pyridine rings is 1. The lowest BCUT2D eigenvalue weighted by atomic mass is 10.1. The fourth-order valence-corrected chi connectivity index (χ4v) is 3.24. The first-order valence-electron chi connectivity index (χ1n) is 8.92. The SMILES string of the molecule is O=C(/C=C/c1cc2c(cn1)[nH]c1ccccc12)NCCN1CCOCC1. The Labute approximate surface area is 151 Å². The molecule has 1 aliphatic heterocycles. The number of ether oxygens (including phenoxy) is 1. The van der Waals surface area contributed by atoms with Gasteiger partial charge in [-0.05, 0) is 18.2 Å². The third kappa shape index (κ3) is 3.76. The summed E-state index contributed by atoms with van der Waals surface area (Å²) in [5.74, 6) is -0.0981. The molecule has 26 heavy (non-hydrogen) atoms. The van der Waals surface area contributed by atoms with E-state index in [4.69, 9.17) is 4.74 Å². The van der Waals surface area contributed by atoms with Crippen molar-refractivity contribution < 1.29 is 9.53 Å². The number of H-pyrrole nitrogens is 1. The Balaban J connectivity index is 1.38. The zero-order valence-corrected chi connectivity index (χ0v) is 14.6. The molecule has 1 amide bonds. The van der Waals surface area contributed by atoms with E-state index in [0.717, 1.165) is 60.3 Å². The van der Waals surface area contributed by atoms with Gasteiger partial charge in [-0.15, -0.1) is 0 Å². The fourth-order valence-electron chi connectivity index (χ4n) is 3.24. The molecule has 2 N–H and O–H groups in total. The van der Waals surface area contributed by atoms with E-state index in [1.165, 1.54) is 0 Å². The summed E-state index contributed by atoms with van der Waals surface area (Å²) in [6, 6.07) is 10.2. The molecular weight excluding hydrogens is 328 g/mol. The Morgan fingerprint density at radius 1 is 1.23 bits per heavy atom. The van der Waals surface area contributed by atoms with Crippen molar-refractivity contribution in [1.82, 2.24) is 20.2 Å². The van der Waals surface area contributed by atoms with Crippen LogP contribution in [0.25, 0.3) is 27.9 Å². The minimum absolute atomic E-state index is 0.0981. The molecule has 1 fully saturated rings. The predicted molar refractivity (Wildman–Crippen MR) is 103 cm³/mol. The van der Waals surface area contributed by atoms with Gasteiger partial charge in [0.25, 0.3) is 0 Å². The number of nitrogens with one attached hydrogen (secondary N) is 2. The first-order chi connectivity index (χ1) is 12.8. The van der Waals surface area contributed by atoms with E-state index < -0.39 is 0 Å². The molecule has 0 unspecified atom stereocenters. The van der Waals surface area contributed by atoms with Gasteiger partial charge in [0.2, 0.25) is 5.91 Å². The number of rotatable bonds is 5. The average Bonchev–Trinajstić information content (AvgIpc) is 3.05. The van der Waals surface area contributed by atoms with Gasteiger partial charge in [0.05, 0.1) is 30.6 Å². The summed E-state index contributed by atoms with van der Waals surface area (Å²) >= 11 is 0. The Morgan fingerprint density at radius 2 is 2.08 bits per heavy atom. The molecule has 0 aliphatic carbocycles. The van der Waals surface area contributed by atoms with E-state index in [0.29, 0.717) is 6.54 Å². The van der Waals surface area contributed by atoms with Gasteiger partial charge < -0.3 is 15.0 Å². The summed E-state index contributed by atoms with van der Waals surface area (Å²) in [6.45, 7) is 4.90. The van der Waals surface area contributed by atoms with Crippen LogP contribution in [0.15, 0.2) is 42.6 Å².